The summed E-state index contributed by atoms with van der Waals surface area (Å²) in [5, 5.41) is 0. The van der Waals surface area contributed by atoms with E-state index in [1.807, 2.05) is 29.2 Å². The first kappa shape index (κ1) is 20.7. The SMILES string of the molecule is COc1ccc(C2CCCCCN2CC(=O)N2CCCc3cc(OC)ccc32)cc1. The number of benzene rings is 2. The summed E-state index contributed by atoms with van der Waals surface area (Å²) < 4.78 is 10.7. The highest BCUT2D eigenvalue weighted by molar-refractivity contribution is 5.96. The molecule has 0 aliphatic carbocycles. The predicted octanol–water partition coefficient (Wildman–Crippen LogP) is 4.60. The van der Waals surface area contributed by atoms with Crippen molar-refractivity contribution in [2.45, 2.75) is 44.6 Å². The quantitative estimate of drug-likeness (QED) is 0.725. The summed E-state index contributed by atoms with van der Waals surface area (Å²) in [5.74, 6) is 1.92. The van der Waals surface area contributed by atoms with Crippen LogP contribution < -0.4 is 14.4 Å². The number of fused-ring (bicyclic) bond motifs is 1. The highest BCUT2D eigenvalue weighted by Crippen LogP contribution is 2.33. The fourth-order valence-electron chi connectivity index (χ4n) is 4.78. The van der Waals surface area contributed by atoms with Gasteiger partial charge in [0.25, 0.3) is 0 Å². The zero-order chi connectivity index (χ0) is 20.9. The van der Waals surface area contributed by atoms with Gasteiger partial charge in [-0.2, -0.15) is 0 Å². The summed E-state index contributed by atoms with van der Waals surface area (Å²) in [6.45, 7) is 2.22. The molecule has 4 rings (SSSR count). The second-order valence-electron chi connectivity index (χ2n) is 8.25. The van der Waals surface area contributed by atoms with Crippen molar-refractivity contribution in [3.05, 3.63) is 53.6 Å². The van der Waals surface area contributed by atoms with Crippen molar-refractivity contribution in [2.75, 3.05) is 38.8 Å². The number of likely N-dealkylation sites (tertiary alicyclic amines) is 1. The van der Waals surface area contributed by atoms with Crippen LogP contribution in [-0.4, -0.2) is 44.7 Å². The lowest BCUT2D eigenvalue weighted by molar-refractivity contribution is -0.120. The molecule has 160 valence electrons. The number of nitrogens with zero attached hydrogens (tertiary/aromatic N) is 2. The fraction of sp³-hybridized carbons (Fsp3) is 0.480. The molecule has 1 fully saturated rings. The van der Waals surface area contributed by atoms with Crippen LogP contribution in [0.1, 0.15) is 49.3 Å². The Kier molecular flexibility index (Phi) is 6.58. The number of amides is 1. The number of aryl methyl sites for hydroxylation is 1. The highest BCUT2D eigenvalue weighted by atomic mass is 16.5. The Hall–Kier alpha value is -2.53. The Morgan fingerprint density at radius 2 is 1.70 bits per heavy atom. The van der Waals surface area contributed by atoms with Gasteiger partial charge in [-0.25, -0.2) is 0 Å². The molecule has 1 unspecified atom stereocenters. The molecule has 1 amide bonds. The molecule has 0 spiro atoms. The molecule has 2 heterocycles. The van der Waals surface area contributed by atoms with Crippen LogP contribution in [0.2, 0.25) is 0 Å². The van der Waals surface area contributed by atoms with Gasteiger partial charge >= 0.3 is 0 Å². The van der Waals surface area contributed by atoms with E-state index in [1.54, 1.807) is 14.2 Å². The van der Waals surface area contributed by atoms with Crippen molar-refractivity contribution in [3.63, 3.8) is 0 Å². The highest BCUT2D eigenvalue weighted by Gasteiger charge is 2.29. The van der Waals surface area contributed by atoms with E-state index in [0.717, 1.165) is 56.0 Å². The Bertz CT molecular complexity index is 865. The van der Waals surface area contributed by atoms with Gasteiger partial charge in [-0.05, 0) is 73.7 Å². The minimum absolute atomic E-state index is 0.196. The fourth-order valence-corrected chi connectivity index (χ4v) is 4.78. The Morgan fingerprint density at radius 3 is 2.47 bits per heavy atom. The first-order valence-corrected chi connectivity index (χ1v) is 11.0. The van der Waals surface area contributed by atoms with Crippen LogP contribution in [0.3, 0.4) is 0 Å². The van der Waals surface area contributed by atoms with Crippen molar-refractivity contribution in [3.8, 4) is 11.5 Å². The molecule has 2 aliphatic heterocycles. The monoisotopic (exact) mass is 408 g/mol. The molecule has 2 aromatic rings. The minimum Gasteiger partial charge on any atom is -0.497 e. The summed E-state index contributed by atoms with van der Waals surface area (Å²) in [4.78, 5) is 17.8. The number of ether oxygens (including phenoxy) is 2. The van der Waals surface area contributed by atoms with Crippen LogP contribution in [0, 0.1) is 0 Å². The van der Waals surface area contributed by atoms with E-state index in [1.165, 1.54) is 24.0 Å². The molecular weight excluding hydrogens is 376 g/mol. The van der Waals surface area contributed by atoms with Gasteiger partial charge in [-0.1, -0.05) is 25.0 Å². The molecule has 0 N–H and O–H groups in total. The molecule has 2 aliphatic rings. The minimum atomic E-state index is 0.196. The van der Waals surface area contributed by atoms with Crippen LogP contribution in [0.5, 0.6) is 11.5 Å². The number of carbonyl (C=O) groups excluding carboxylic acids is 1. The van der Waals surface area contributed by atoms with Crippen molar-refractivity contribution in [2.24, 2.45) is 0 Å². The Morgan fingerprint density at radius 1 is 0.933 bits per heavy atom. The van der Waals surface area contributed by atoms with Crippen molar-refractivity contribution in [1.82, 2.24) is 4.90 Å². The Balaban J connectivity index is 1.53. The van der Waals surface area contributed by atoms with E-state index in [2.05, 4.69) is 23.1 Å². The number of rotatable bonds is 5. The maximum Gasteiger partial charge on any atom is 0.241 e. The number of methoxy groups -OCH3 is 2. The van der Waals surface area contributed by atoms with Crippen LogP contribution >= 0.6 is 0 Å². The van der Waals surface area contributed by atoms with Crippen LogP contribution in [0.15, 0.2) is 42.5 Å². The average molecular weight is 409 g/mol. The maximum atomic E-state index is 13.4. The standard InChI is InChI=1S/C25H32N2O3/c1-29-21-11-9-19(10-12-21)23-8-4-3-5-15-26(23)18-25(28)27-16-6-7-20-17-22(30-2)13-14-24(20)27/h9-14,17,23H,3-8,15-16,18H2,1-2H3. The molecular formula is C25H32N2O3. The van der Waals surface area contributed by atoms with Gasteiger partial charge in [0.1, 0.15) is 11.5 Å². The normalized spacial score (nSPS) is 19.7. The van der Waals surface area contributed by atoms with E-state index < -0.39 is 0 Å². The molecule has 30 heavy (non-hydrogen) atoms. The molecule has 5 heteroatoms. The largest absolute Gasteiger partial charge is 0.497 e. The lowest BCUT2D eigenvalue weighted by Crippen LogP contribution is -2.44. The third-order valence-corrected chi connectivity index (χ3v) is 6.41. The van der Waals surface area contributed by atoms with Crippen molar-refractivity contribution < 1.29 is 14.3 Å². The molecule has 2 aromatic carbocycles. The second-order valence-corrected chi connectivity index (χ2v) is 8.25. The van der Waals surface area contributed by atoms with E-state index in [4.69, 9.17) is 9.47 Å². The summed E-state index contributed by atoms with van der Waals surface area (Å²) in [7, 11) is 3.38. The van der Waals surface area contributed by atoms with Crippen molar-refractivity contribution in [1.29, 1.82) is 0 Å². The zero-order valence-corrected chi connectivity index (χ0v) is 18.1. The zero-order valence-electron chi connectivity index (χ0n) is 18.1. The van der Waals surface area contributed by atoms with Gasteiger partial charge in [0.15, 0.2) is 0 Å². The first-order valence-electron chi connectivity index (χ1n) is 11.0. The molecule has 0 bridgehead atoms. The molecule has 1 atom stereocenters. The van der Waals surface area contributed by atoms with E-state index >= 15 is 0 Å². The number of anilines is 1. The van der Waals surface area contributed by atoms with E-state index in [0.29, 0.717) is 6.54 Å². The Labute approximate surface area is 179 Å². The lowest BCUT2D eigenvalue weighted by atomic mass is 9.99. The first-order chi connectivity index (χ1) is 14.7. The van der Waals surface area contributed by atoms with Crippen LogP contribution in [0.4, 0.5) is 5.69 Å². The lowest BCUT2D eigenvalue weighted by Gasteiger charge is -2.34. The van der Waals surface area contributed by atoms with Crippen LogP contribution in [-0.2, 0) is 11.2 Å². The van der Waals surface area contributed by atoms with Gasteiger partial charge in [0.2, 0.25) is 5.91 Å². The molecule has 0 aromatic heterocycles. The summed E-state index contributed by atoms with van der Waals surface area (Å²) in [5.41, 5.74) is 3.52. The number of hydrogen-bond acceptors (Lipinski definition) is 4. The van der Waals surface area contributed by atoms with Gasteiger partial charge in [-0.3, -0.25) is 9.69 Å². The molecule has 0 radical (unpaired) electrons. The molecule has 5 nitrogen and oxygen atoms in total. The molecule has 0 saturated carbocycles. The predicted molar refractivity (Wildman–Crippen MR) is 119 cm³/mol. The number of carbonyl (C=O) groups is 1. The van der Waals surface area contributed by atoms with Gasteiger partial charge in [-0.15, -0.1) is 0 Å². The van der Waals surface area contributed by atoms with E-state index in [9.17, 15) is 4.79 Å². The van der Waals surface area contributed by atoms with E-state index in [-0.39, 0.29) is 11.9 Å². The summed E-state index contributed by atoms with van der Waals surface area (Å²) in [6.07, 6.45) is 6.65. The third-order valence-electron chi connectivity index (χ3n) is 6.41. The summed E-state index contributed by atoms with van der Waals surface area (Å²) in [6, 6.07) is 14.7. The number of hydrogen-bond donors (Lipinski definition) is 0. The van der Waals surface area contributed by atoms with Gasteiger partial charge < -0.3 is 14.4 Å². The van der Waals surface area contributed by atoms with Gasteiger partial charge in [0, 0.05) is 18.3 Å². The smallest absolute Gasteiger partial charge is 0.241 e. The average Bonchev–Trinajstić information content (AvgIpc) is 3.03. The third kappa shape index (κ3) is 4.46. The topological polar surface area (TPSA) is 42.0 Å². The maximum absolute atomic E-state index is 13.4. The van der Waals surface area contributed by atoms with Gasteiger partial charge in [0.05, 0.1) is 20.8 Å². The second kappa shape index (κ2) is 9.52. The van der Waals surface area contributed by atoms with Crippen molar-refractivity contribution >= 4 is 11.6 Å². The summed E-state index contributed by atoms with van der Waals surface area (Å²) >= 11 is 0. The molecule has 1 saturated heterocycles. The van der Waals surface area contributed by atoms with Crippen LogP contribution in [0.25, 0.3) is 0 Å².